The van der Waals surface area contributed by atoms with Gasteiger partial charge in [0, 0.05) is 54.9 Å². The molecule has 2 aromatic rings. The normalized spacial score (nSPS) is 18.4. The van der Waals surface area contributed by atoms with E-state index in [0.29, 0.717) is 75.5 Å². The molecule has 1 aromatic heterocycles. The molecule has 342 valence electrons. The maximum atomic E-state index is 13.2. The number of likely N-dealkylation sites (N-methyl/N-ethyl adjacent to an activating group) is 3. The zero-order valence-corrected chi connectivity index (χ0v) is 38.7. The van der Waals surface area contributed by atoms with Gasteiger partial charge in [-0.3, -0.25) is 28.8 Å². The van der Waals surface area contributed by atoms with Gasteiger partial charge in [0.05, 0.1) is 28.8 Å². The summed E-state index contributed by atoms with van der Waals surface area (Å²) in [5, 5.41) is 10.8. The van der Waals surface area contributed by atoms with E-state index in [-0.39, 0.29) is 33.1 Å². The smallest absolute Gasteiger partial charge is 0.306 e. The molecule has 0 radical (unpaired) electrons. The molecule has 3 aliphatic heterocycles. The second kappa shape index (κ2) is 20.5. The molecule has 0 bridgehead atoms. The van der Waals surface area contributed by atoms with Gasteiger partial charge in [-0.05, 0) is 88.3 Å². The van der Waals surface area contributed by atoms with Crippen LogP contribution < -0.4 is 26.0 Å². The van der Waals surface area contributed by atoms with E-state index >= 15 is 0 Å². The van der Waals surface area contributed by atoms with E-state index in [1.54, 1.807) is 52.0 Å². The summed E-state index contributed by atoms with van der Waals surface area (Å²) in [4.78, 5) is 83.1. The number of aromatic amines is 1. The number of anilines is 2. The minimum Gasteiger partial charge on any atom is -0.456 e. The standard InChI is InChI=1S/C41H54N8O11S3/c1-8-42-32-20-37(61-41-29(32)17-23(4)62(41,56)57)63(58,59)47-34(51)21-48(7)35(52)22-60-36(53)14-13-33(50)45-26-11-12-30-27(18-26)28(39(54)46-30)19-31-24(5)38(25(6)44-31)40(55)43-15-16-49(9-2)10-3/h11-12,18-20,23,32,42,44H,8-10,13-17,21-22H2,1-7H3,(H,43,55)(H,45,50)(H,46,54)(H,47,51)/b28-19-/t23-,32-/m0/s1. The van der Waals surface area contributed by atoms with Crippen molar-refractivity contribution in [2.75, 3.05) is 63.6 Å². The molecular formula is C41H54N8O11S3. The number of rotatable bonds is 19. The van der Waals surface area contributed by atoms with Crippen molar-refractivity contribution in [3.8, 4) is 0 Å². The van der Waals surface area contributed by atoms with E-state index in [2.05, 4.69) is 45.0 Å². The van der Waals surface area contributed by atoms with Crippen molar-refractivity contribution >= 4 is 90.2 Å². The van der Waals surface area contributed by atoms with E-state index in [1.807, 2.05) is 4.72 Å². The number of thioether (sulfide) groups is 1. The van der Waals surface area contributed by atoms with E-state index in [9.17, 15) is 45.6 Å². The Balaban J connectivity index is 1.10. The van der Waals surface area contributed by atoms with Gasteiger partial charge in [-0.2, -0.15) is 0 Å². The third-order valence-corrected chi connectivity index (χ3v) is 16.6. The Morgan fingerprint density at radius 2 is 1.76 bits per heavy atom. The summed E-state index contributed by atoms with van der Waals surface area (Å²) in [5.41, 5.74) is 4.64. The fraction of sp³-hybridized carbons (Fsp3) is 0.463. The van der Waals surface area contributed by atoms with Gasteiger partial charge in [-0.1, -0.05) is 32.5 Å². The first-order chi connectivity index (χ1) is 29.7. The van der Waals surface area contributed by atoms with Gasteiger partial charge in [-0.25, -0.2) is 21.6 Å². The summed E-state index contributed by atoms with van der Waals surface area (Å²) < 4.78 is 58.5. The quantitative estimate of drug-likeness (QED) is 0.0874. The minimum atomic E-state index is -4.52. The molecule has 0 unspecified atom stereocenters. The molecule has 22 heteroatoms. The lowest BCUT2D eigenvalue weighted by Crippen LogP contribution is -2.42. The number of sulfone groups is 1. The van der Waals surface area contributed by atoms with Crippen LogP contribution >= 0.6 is 11.8 Å². The number of esters is 1. The Kier molecular flexibility index (Phi) is 15.8. The van der Waals surface area contributed by atoms with Gasteiger partial charge in [0.15, 0.2) is 16.4 Å². The molecule has 5 amide bonds. The number of nitrogens with zero attached hydrogens (tertiary/aromatic N) is 2. The number of ether oxygens (including phenoxy) is 1. The average molecular weight is 931 g/mol. The Morgan fingerprint density at radius 1 is 1.05 bits per heavy atom. The lowest BCUT2D eigenvalue weighted by Gasteiger charge is -2.23. The number of fused-ring (bicyclic) bond motifs is 1. The average Bonchev–Trinajstić information content (AvgIpc) is 3.78. The molecule has 63 heavy (non-hydrogen) atoms. The topological polar surface area (TPSA) is 262 Å². The number of benzene rings is 1. The zero-order chi connectivity index (χ0) is 46.4. The zero-order valence-electron chi connectivity index (χ0n) is 36.2. The van der Waals surface area contributed by atoms with Crippen LogP contribution in [0.2, 0.25) is 0 Å². The van der Waals surface area contributed by atoms with Crippen molar-refractivity contribution in [3.63, 3.8) is 0 Å². The highest BCUT2D eigenvalue weighted by atomic mass is 32.3. The van der Waals surface area contributed by atoms with Crippen LogP contribution in [-0.4, -0.2) is 131 Å². The van der Waals surface area contributed by atoms with Crippen molar-refractivity contribution < 1.29 is 50.3 Å². The molecule has 0 saturated carbocycles. The second-order valence-electron chi connectivity index (χ2n) is 15.2. The van der Waals surface area contributed by atoms with E-state index < -0.39 is 74.4 Å². The van der Waals surface area contributed by atoms with Crippen LogP contribution in [0.25, 0.3) is 11.6 Å². The molecule has 1 aromatic carbocycles. The van der Waals surface area contributed by atoms with Crippen LogP contribution in [0.3, 0.4) is 0 Å². The van der Waals surface area contributed by atoms with Gasteiger partial charge in [0.1, 0.15) is 15.0 Å². The van der Waals surface area contributed by atoms with Crippen molar-refractivity contribution in [2.24, 2.45) is 0 Å². The number of aryl methyl sites for hydroxylation is 1. The number of nitrogens with one attached hydrogen (secondary N) is 6. The molecule has 5 rings (SSSR count). The second-order valence-corrected chi connectivity index (χ2v) is 20.7. The maximum Gasteiger partial charge on any atom is 0.306 e. The lowest BCUT2D eigenvalue weighted by molar-refractivity contribution is -0.152. The summed E-state index contributed by atoms with van der Waals surface area (Å²) in [7, 11) is -7.07. The summed E-state index contributed by atoms with van der Waals surface area (Å²) in [6.45, 7) is 12.9. The third kappa shape index (κ3) is 11.5. The predicted octanol–water partition coefficient (Wildman–Crippen LogP) is 2.35. The number of sulfonamides is 1. The van der Waals surface area contributed by atoms with Crippen LogP contribution in [0.15, 0.2) is 38.3 Å². The molecule has 4 heterocycles. The van der Waals surface area contributed by atoms with Crippen molar-refractivity contribution in [2.45, 2.75) is 72.1 Å². The molecule has 0 spiro atoms. The number of aromatic nitrogens is 1. The number of carbonyl (C=O) groups is 6. The Hall–Kier alpha value is -5.29. The van der Waals surface area contributed by atoms with Gasteiger partial charge < -0.3 is 40.8 Å². The number of H-pyrrole nitrogens is 1. The molecule has 19 nitrogen and oxygen atoms in total. The van der Waals surface area contributed by atoms with Crippen LogP contribution in [0.4, 0.5) is 11.4 Å². The number of amides is 5. The van der Waals surface area contributed by atoms with E-state index in [0.717, 1.165) is 24.5 Å². The first-order valence-corrected chi connectivity index (χ1v) is 24.3. The van der Waals surface area contributed by atoms with Crippen LogP contribution in [-0.2, 0) is 48.6 Å². The highest BCUT2D eigenvalue weighted by Gasteiger charge is 2.44. The molecule has 0 saturated heterocycles. The summed E-state index contributed by atoms with van der Waals surface area (Å²) in [5.74, 6) is -3.95. The monoisotopic (exact) mass is 930 g/mol. The molecular weight excluding hydrogens is 877 g/mol. The van der Waals surface area contributed by atoms with E-state index in [4.69, 9.17) is 4.74 Å². The van der Waals surface area contributed by atoms with Crippen LogP contribution in [0, 0.1) is 13.8 Å². The van der Waals surface area contributed by atoms with Gasteiger partial charge in [-0.15, -0.1) is 0 Å². The lowest BCUT2D eigenvalue weighted by atomic mass is 10.0. The molecule has 0 fully saturated rings. The minimum absolute atomic E-state index is 0.0537. The SMILES string of the molecule is CCN[C@H]1C=C(S(=O)(=O)NC(=O)CN(C)C(=O)COC(=O)CCC(=O)Nc2ccc3c(c2)/C(=C/c2[nH]c(C)c(C(=O)NCCN(CC)CC)c2C)C(=O)N3)SC2=C1C[C@H](C)S2(=O)=O. The maximum absolute atomic E-state index is 13.2. The summed E-state index contributed by atoms with van der Waals surface area (Å²) >= 11 is 0.559. The van der Waals surface area contributed by atoms with Gasteiger partial charge in [0.25, 0.3) is 33.7 Å². The fourth-order valence-corrected chi connectivity index (χ4v) is 12.3. The molecule has 6 N–H and O–H groups in total. The number of carbonyl (C=O) groups excluding carboxylic acids is 6. The number of hydrogen-bond acceptors (Lipinski definition) is 14. The first kappa shape index (κ1) is 48.7. The Morgan fingerprint density at radius 3 is 2.44 bits per heavy atom. The van der Waals surface area contributed by atoms with Crippen LogP contribution in [0.5, 0.6) is 0 Å². The van der Waals surface area contributed by atoms with Crippen LogP contribution in [0.1, 0.15) is 79.8 Å². The van der Waals surface area contributed by atoms with Gasteiger partial charge in [0.2, 0.25) is 5.91 Å². The highest BCUT2D eigenvalue weighted by molar-refractivity contribution is 8.28. The predicted molar refractivity (Wildman–Crippen MR) is 240 cm³/mol. The van der Waals surface area contributed by atoms with Gasteiger partial charge >= 0.3 is 5.97 Å². The van der Waals surface area contributed by atoms with E-state index in [1.165, 1.54) is 13.1 Å². The summed E-state index contributed by atoms with van der Waals surface area (Å²) in [6, 6.07) is 4.15. The molecule has 0 aliphatic carbocycles. The third-order valence-electron chi connectivity index (χ3n) is 10.8. The first-order valence-electron chi connectivity index (χ1n) is 20.4. The molecule has 3 aliphatic rings. The van der Waals surface area contributed by atoms with Crippen molar-refractivity contribution in [1.82, 2.24) is 30.1 Å². The fourth-order valence-electron chi connectivity index (χ4n) is 7.22. The van der Waals surface area contributed by atoms with Crippen molar-refractivity contribution in [1.29, 1.82) is 0 Å². The number of hydrogen-bond donors (Lipinski definition) is 6. The summed E-state index contributed by atoms with van der Waals surface area (Å²) in [6.07, 6.45) is 2.53. The Labute approximate surface area is 371 Å². The highest BCUT2D eigenvalue weighted by Crippen LogP contribution is 2.48. The van der Waals surface area contributed by atoms with Crippen molar-refractivity contribution in [3.05, 3.63) is 66.4 Å². The largest absolute Gasteiger partial charge is 0.456 e. The molecule has 2 atom stereocenters. The Bertz CT molecular complexity index is 2510.